The van der Waals surface area contributed by atoms with Gasteiger partial charge in [0.25, 0.3) is 20.0 Å². The molecule has 0 aliphatic heterocycles. The predicted octanol–water partition coefficient (Wildman–Crippen LogP) is 2.76. The van der Waals surface area contributed by atoms with Crippen molar-refractivity contribution >= 4 is 43.0 Å². The number of nitrogens with zero attached hydrogens (tertiary/aromatic N) is 2. The number of anilines is 2. The number of aromatic nitrogens is 2. The summed E-state index contributed by atoms with van der Waals surface area (Å²) in [7, 11) is -7.59. The summed E-state index contributed by atoms with van der Waals surface area (Å²) in [6.07, 6.45) is 0. The van der Waals surface area contributed by atoms with Gasteiger partial charge in [-0.3, -0.25) is 4.72 Å². The Bertz CT molecular complexity index is 1140. The summed E-state index contributed by atoms with van der Waals surface area (Å²) in [5, 5.41) is 1.66. The maximum atomic E-state index is 12.5. The van der Waals surface area contributed by atoms with Crippen LogP contribution < -0.4 is 9.44 Å². The van der Waals surface area contributed by atoms with Gasteiger partial charge in [0.05, 0.1) is 4.90 Å². The van der Waals surface area contributed by atoms with Crippen molar-refractivity contribution in [2.45, 2.75) is 23.0 Å². The minimum Gasteiger partial charge on any atom is -0.279 e. The second-order valence-corrected chi connectivity index (χ2v) is 10.2. The molecule has 0 radical (unpaired) electrons. The molecule has 27 heavy (non-hydrogen) atoms. The molecule has 142 valence electrons. The van der Waals surface area contributed by atoms with Crippen molar-refractivity contribution in [1.29, 1.82) is 0 Å². The number of thiophene rings is 1. The van der Waals surface area contributed by atoms with E-state index in [4.69, 9.17) is 0 Å². The normalized spacial score (nSPS) is 11.9. The summed E-state index contributed by atoms with van der Waals surface area (Å²) in [5.74, 6) is -0.0185. The highest BCUT2D eigenvalue weighted by molar-refractivity contribution is 7.94. The van der Waals surface area contributed by atoms with Crippen LogP contribution in [0.25, 0.3) is 0 Å². The molecule has 0 amide bonds. The molecule has 0 saturated carbocycles. The van der Waals surface area contributed by atoms with E-state index in [0.29, 0.717) is 11.4 Å². The van der Waals surface area contributed by atoms with Crippen molar-refractivity contribution < 1.29 is 16.8 Å². The molecule has 11 heteroatoms. The summed E-state index contributed by atoms with van der Waals surface area (Å²) in [6, 6.07) is 10.2. The number of sulfonamides is 2. The topological polar surface area (TPSA) is 118 Å². The van der Waals surface area contributed by atoms with Crippen molar-refractivity contribution in [2.24, 2.45) is 0 Å². The largest absolute Gasteiger partial charge is 0.279 e. The standard InChI is InChI=1S/C16H16N4O4S3/c1-11-10-12(2)18-16(17-11)20-26(21,22)14-7-5-13(6-8-14)19-27(23,24)15-4-3-9-25-15/h3-10,19H,1-2H3,(H,17,18,20). The molecule has 2 heterocycles. The Morgan fingerprint density at radius 1 is 0.852 bits per heavy atom. The first-order chi connectivity index (χ1) is 12.7. The smallest absolute Gasteiger partial charge is 0.271 e. The van der Waals surface area contributed by atoms with Crippen molar-refractivity contribution in [3.8, 4) is 0 Å². The van der Waals surface area contributed by atoms with Gasteiger partial charge in [0.2, 0.25) is 5.95 Å². The van der Waals surface area contributed by atoms with Gasteiger partial charge in [-0.25, -0.2) is 31.5 Å². The molecule has 0 atom stereocenters. The predicted molar refractivity (Wildman–Crippen MR) is 104 cm³/mol. The van der Waals surface area contributed by atoms with Gasteiger partial charge in [-0.2, -0.15) is 0 Å². The maximum Gasteiger partial charge on any atom is 0.271 e. The first kappa shape index (κ1) is 19.3. The van der Waals surface area contributed by atoms with Crippen molar-refractivity contribution in [2.75, 3.05) is 9.44 Å². The molecule has 1 aromatic carbocycles. The van der Waals surface area contributed by atoms with Gasteiger partial charge in [0.1, 0.15) is 4.21 Å². The molecule has 2 N–H and O–H groups in total. The zero-order chi connectivity index (χ0) is 19.7. The van der Waals surface area contributed by atoms with Crippen molar-refractivity contribution in [3.05, 3.63) is 59.2 Å². The van der Waals surface area contributed by atoms with E-state index >= 15 is 0 Å². The van der Waals surface area contributed by atoms with Crippen molar-refractivity contribution in [3.63, 3.8) is 0 Å². The molecule has 0 aliphatic rings. The Balaban J connectivity index is 1.80. The Hall–Kier alpha value is -2.50. The third-order valence-corrected chi connectivity index (χ3v) is 7.51. The lowest BCUT2D eigenvalue weighted by atomic mass is 10.3. The molecule has 0 bridgehead atoms. The fourth-order valence-electron chi connectivity index (χ4n) is 2.27. The quantitative estimate of drug-likeness (QED) is 0.628. The molecule has 3 rings (SSSR count). The minimum atomic E-state index is -3.90. The molecule has 3 aromatic rings. The van der Waals surface area contributed by atoms with E-state index in [9.17, 15) is 16.8 Å². The summed E-state index contributed by atoms with van der Waals surface area (Å²) in [5.41, 5.74) is 1.53. The van der Waals surface area contributed by atoms with Gasteiger partial charge < -0.3 is 0 Å². The van der Waals surface area contributed by atoms with Crippen LogP contribution in [-0.2, 0) is 20.0 Å². The fraction of sp³-hybridized carbons (Fsp3) is 0.125. The lowest BCUT2D eigenvalue weighted by Gasteiger charge is -2.10. The average Bonchev–Trinajstić information content (AvgIpc) is 3.09. The van der Waals surface area contributed by atoms with Crippen molar-refractivity contribution in [1.82, 2.24) is 9.97 Å². The van der Waals surface area contributed by atoms with Gasteiger partial charge in [-0.05, 0) is 55.6 Å². The van der Waals surface area contributed by atoms with Gasteiger partial charge in [-0.15, -0.1) is 11.3 Å². The summed E-state index contributed by atoms with van der Waals surface area (Å²) in [6.45, 7) is 3.47. The highest BCUT2D eigenvalue weighted by Crippen LogP contribution is 2.22. The number of nitrogens with one attached hydrogen (secondary N) is 2. The average molecular weight is 425 g/mol. The summed E-state index contributed by atoms with van der Waals surface area (Å²) >= 11 is 1.09. The number of aryl methyl sites for hydroxylation is 2. The molecule has 0 saturated heterocycles. The van der Waals surface area contributed by atoms with Gasteiger partial charge in [0, 0.05) is 17.1 Å². The highest BCUT2D eigenvalue weighted by atomic mass is 32.2. The monoisotopic (exact) mass is 424 g/mol. The summed E-state index contributed by atoms with van der Waals surface area (Å²) < 4.78 is 54.3. The van der Waals surface area contributed by atoms with Crippen LogP contribution in [-0.4, -0.2) is 26.8 Å². The van der Waals surface area contributed by atoms with E-state index in [2.05, 4.69) is 19.4 Å². The Labute approximate surface area is 161 Å². The molecule has 2 aromatic heterocycles. The fourth-order valence-corrected chi connectivity index (χ4v) is 5.27. The van der Waals surface area contributed by atoms with Crippen LogP contribution in [0.5, 0.6) is 0 Å². The van der Waals surface area contributed by atoms with E-state index in [1.54, 1.807) is 31.4 Å². The first-order valence-corrected chi connectivity index (χ1v) is 11.5. The first-order valence-electron chi connectivity index (χ1n) is 7.67. The second kappa shape index (κ2) is 7.25. The molecule has 0 fully saturated rings. The third kappa shape index (κ3) is 4.62. The lowest BCUT2D eigenvalue weighted by Crippen LogP contribution is -2.16. The molecule has 0 spiro atoms. The van der Waals surface area contributed by atoms with E-state index in [-0.39, 0.29) is 20.7 Å². The maximum absolute atomic E-state index is 12.5. The number of hydrogen-bond acceptors (Lipinski definition) is 7. The zero-order valence-corrected chi connectivity index (χ0v) is 16.8. The second-order valence-electron chi connectivity index (χ2n) is 5.64. The number of rotatable bonds is 6. The molecule has 0 aliphatic carbocycles. The SMILES string of the molecule is Cc1cc(C)nc(NS(=O)(=O)c2ccc(NS(=O)(=O)c3cccs3)cc2)n1. The van der Waals surface area contributed by atoms with Gasteiger partial charge in [0.15, 0.2) is 0 Å². The van der Waals surface area contributed by atoms with Crippen LogP contribution in [0.15, 0.2) is 56.9 Å². The Morgan fingerprint density at radius 2 is 1.48 bits per heavy atom. The third-order valence-electron chi connectivity index (χ3n) is 3.38. The van der Waals surface area contributed by atoms with Crippen LogP contribution in [0.1, 0.15) is 11.4 Å². The number of benzene rings is 1. The van der Waals surface area contributed by atoms with Crippen LogP contribution >= 0.6 is 11.3 Å². The van der Waals surface area contributed by atoms with E-state index in [1.165, 1.54) is 30.3 Å². The van der Waals surface area contributed by atoms with Crippen LogP contribution in [0.2, 0.25) is 0 Å². The molecular weight excluding hydrogens is 408 g/mol. The Morgan fingerprint density at radius 3 is 2.04 bits per heavy atom. The number of hydrogen-bond donors (Lipinski definition) is 2. The van der Waals surface area contributed by atoms with Crippen LogP contribution in [0, 0.1) is 13.8 Å². The van der Waals surface area contributed by atoms with E-state index in [1.807, 2.05) is 0 Å². The molecular formula is C16H16N4O4S3. The van der Waals surface area contributed by atoms with Crippen LogP contribution in [0.3, 0.4) is 0 Å². The molecule has 8 nitrogen and oxygen atoms in total. The zero-order valence-electron chi connectivity index (χ0n) is 14.4. The van der Waals surface area contributed by atoms with Gasteiger partial charge >= 0.3 is 0 Å². The van der Waals surface area contributed by atoms with E-state index in [0.717, 1.165) is 11.3 Å². The lowest BCUT2D eigenvalue weighted by molar-refractivity contribution is 0.600. The Kier molecular flexibility index (Phi) is 5.18. The van der Waals surface area contributed by atoms with E-state index < -0.39 is 20.0 Å². The molecule has 0 unspecified atom stereocenters. The van der Waals surface area contributed by atoms with Crippen LogP contribution in [0.4, 0.5) is 11.6 Å². The summed E-state index contributed by atoms with van der Waals surface area (Å²) in [4.78, 5) is 8.06. The van der Waals surface area contributed by atoms with Gasteiger partial charge in [-0.1, -0.05) is 6.07 Å². The minimum absolute atomic E-state index is 0.0185. The highest BCUT2D eigenvalue weighted by Gasteiger charge is 2.18.